The highest BCUT2D eigenvalue weighted by molar-refractivity contribution is 9.10. The largest absolute Gasteiger partial charge is 0.338 e. The fourth-order valence-electron chi connectivity index (χ4n) is 2.86. The number of hydrogen-bond acceptors (Lipinski definition) is 2. The van der Waals surface area contributed by atoms with Crippen LogP contribution >= 0.6 is 27.5 Å². The van der Waals surface area contributed by atoms with Crippen LogP contribution in [0.2, 0.25) is 5.02 Å². The lowest BCUT2D eigenvalue weighted by Crippen LogP contribution is -2.32. The van der Waals surface area contributed by atoms with Crippen molar-refractivity contribution in [2.45, 2.75) is 0 Å². The lowest BCUT2D eigenvalue weighted by atomic mass is 10.0. The van der Waals surface area contributed by atoms with Crippen LogP contribution in [0.4, 0.5) is 0 Å². The fraction of sp³-hybridized carbons (Fsp3) is 0.462. The first kappa shape index (κ1) is 12.5. The zero-order chi connectivity index (χ0) is 12.7. The minimum atomic E-state index is 0.0516. The van der Waals surface area contributed by atoms with Crippen LogP contribution in [-0.4, -0.2) is 37.0 Å². The van der Waals surface area contributed by atoms with Gasteiger partial charge in [-0.15, -0.1) is 0 Å². The summed E-state index contributed by atoms with van der Waals surface area (Å²) >= 11 is 9.54. The van der Waals surface area contributed by atoms with Gasteiger partial charge in [-0.1, -0.05) is 17.7 Å². The van der Waals surface area contributed by atoms with Gasteiger partial charge in [0.25, 0.3) is 5.91 Å². The molecule has 1 amide bonds. The summed E-state index contributed by atoms with van der Waals surface area (Å²) in [6, 6.07) is 5.49. The number of carbonyl (C=O) groups excluding carboxylic acids is 1. The molecule has 2 atom stereocenters. The Labute approximate surface area is 120 Å². The van der Waals surface area contributed by atoms with E-state index in [1.807, 2.05) is 17.0 Å². The smallest absolute Gasteiger partial charge is 0.255 e. The third-order valence-corrected chi connectivity index (χ3v) is 5.16. The molecule has 2 saturated heterocycles. The second-order valence-electron chi connectivity index (χ2n) is 4.99. The normalized spacial score (nSPS) is 26.4. The Morgan fingerprint density at radius 3 is 2.67 bits per heavy atom. The van der Waals surface area contributed by atoms with Gasteiger partial charge in [0.15, 0.2) is 0 Å². The van der Waals surface area contributed by atoms with Gasteiger partial charge in [0.1, 0.15) is 0 Å². The molecule has 0 bridgehead atoms. The van der Waals surface area contributed by atoms with Crippen molar-refractivity contribution in [1.82, 2.24) is 10.2 Å². The molecule has 2 fully saturated rings. The number of nitrogens with one attached hydrogen (secondary N) is 1. The van der Waals surface area contributed by atoms with Gasteiger partial charge in [-0.3, -0.25) is 4.79 Å². The first-order valence-electron chi connectivity index (χ1n) is 6.11. The lowest BCUT2D eigenvalue weighted by Gasteiger charge is -2.18. The van der Waals surface area contributed by atoms with Gasteiger partial charge in [-0.2, -0.15) is 0 Å². The van der Waals surface area contributed by atoms with Crippen molar-refractivity contribution in [3.05, 3.63) is 33.3 Å². The summed E-state index contributed by atoms with van der Waals surface area (Å²) in [5, 5.41) is 3.88. The number of likely N-dealkylation sites (tertiary alicyclic amines) is 1. The minimum absolute atomic E-state index is 0.0516. The van der Waals surface area contributed by atoms with Gasteiger partial charge >= 0.3 is 0 Å². The highest BCUT2D eigenvalue weighted by atomic mass is 79.9. The fourth-order valence-corrected chi connectivity index (χ4v) is 3.43. The maximum absolute atomic E-state index is 12.5. The van der Waals surface area contributed by atoms with Crippen LogP contribution in [0.5, 0.6) is 0 Å². The summed E-state index contributed by atoms with van der Waals surface area (Å²) in [6.45, 7) is 3.75. The van der Waals surface area contributed by atoms with E-state index >= 15 is 0 Å². The Morgan fingerprint density at radius 2 is 2.00 bits per heavy atom. The molecule has 2 aliphatic heterocycles. The molecule has 2 heterocycles. The van der Waals surface area contributed by atoms with Crippen molar-refractivity contribution in [2.75, 3.05) is 26.2 Å². The molecular formula is C13H14BrClN2O. The molecule has 5 heteroatoms. The van der Waals surface area contributed by atoms with Crippen LogP contribution in [0.1, 0.15) is 10.4 Å². The van der Waals surface area contributed by atoms with E-state index in [0.29, 0.717) is 22.4 Å². The molecule has 1 aromatic rings. The number of nitrogens with zero attached hydrogens (tertiary/aromatic N) is 1. The standard InChI is InChI=1S/C13H14BrClN2O/c14-11-3-1-2-10(12(11)15)13(18)17-6-8-4-16-5-9(8)7-17/h1-3,8-9,16H,4-7H2. The molecule has 1 N–H and O–H groups in total. The maximum Gasteiger partial charge on any atom is 0.255 e. The Morgan fingerprint density at radius 1 is 1.33 bits per heavy atom. The van der Waals surface area contributed by atoms with E-state index in [-0.39, 0.29) is 5.91 Å². The summed E-state index contributed by atoms with van der Waals surface area (Å²) in [6.07, 6.45) is 0. The lowest BCUT2D eigenvalue weighted by molar-refractivity contribution is 0.0782. The summed E-state index contributed by atoms with van der Waals surface area (Å²) in [4.78, 5) is 14.4. The van der Waals surface area contributed by atoms with E-state index in [0.717, 1.165) is 30.7 Å². The number of benzene rings is 1. The topological polar surface area (TPSA) is 32.3 Å². The third kappa shape index (κ3) is 2.06. The highest BCUT2D eigenvalue weighted by Gasteiger charge is 2.38. The van der Waals surface area contributed by atoms with Gasteiger partial charge in [0.2, 0.25) is 0 Å². The molecule has 96 valence electrons. The molecule has 0 saturated carbocycles. The molecule has 3 nitrogen and oxygen atoms in total. The summed E-state index contributed by atoms with van der Waals surface area (Å²) in [7, 11) is 0. The molecule has 0 aromatic heterocycles. The van der Waals surface area contributed by atoms with Crippen LogP contribution in [0.15, 0.2) is 22.7 Å². The molecule has 2 unspecified atom stereocenters. The summed E-state index contributed by atoms with van der Waals surface area (Å²) in [5.41, 5.74) is 0.596. The van der Waals surface area contributed by atoms with Crippen molar-refractivity contribution in [2.24, 2.45) is 11.8 Å². The van der Waals surface area contributed by atoms with Crippen molar-refractivity contribution < 1.29 is 4.79 Å². The van der Waals surface area contributed by atoms with Gasteiger partial charge in [0.05, 0.1) is 10.6 Å². The minimum Gasteiger partial charge on any atom is -0.338 e. The Kier molecular flexibility index (Phi) is 3.34. The Bertz CT molecular complexity index is 482. The number of fused-ring (bicyclic) bond motifs is 1. The zero-order valence-corrected chi connectivity index (χ0v) is 12.2. The molecule has 3 rings (SSSR count). The molecule has 0 aliphatic carbocycles. The van der Waals surface area contributed by atoms with Gasteiger partial charge in [0, 0.05) is 30.7 Å². The van der Waals surface area contributed by atoms with Crippen LogP contribution in [-0.2, 0) is 0 Å². The number of amides is 1. The maximum atomic E-state index is 12.5. The predicted molar refractivity (Wildman–Crippen MR) is 74.9 cm³/mol. The quantitative estimate of drug-likeness (QED) is 0.858. The van der Waals surface area contributed by atoms with Crippen LogP contribution in [0, 0.1) is 11.8 Å². The van der Waals surface area contributed by atoms with E-state index in [1.165, 1.54) is 0 Å². The van der Waals surface area contributed by atoms with Gasteiger partial charge in [-0.05, 0) is 39.9 Å². The van der Waals surface area contributed by atoms with Crippen molar-refractivity contribution >= 4 is 33.4 Å². The molecule has 1 aromatic carbocycles. The predicted octanol–water partition coefficient (Wildman–Crippen LogP) is 2.39. The Hall–Kier alpha value is -0.580. The van der Waals surface area contributed by atoms with Crippen LogP contribution < -0.4 is 5.32 Å². The van der Waals surface area contributed by atoms with Gasteiger partial charge < -0.3 is 10.2 Å². The van der Waals surface area contributed by atoms with E-state index in [4.69, 9.17) is 11.6 Å². The van der Waals surface area contributed by atoms with E-state index in [9.17, 15) is 4.79 Å². The number of carbonyl (C=O) groups is 1. The van der Waals surface area contributed by atoms with Crippen molar-refractivity contribution in [3.8, 4) is 0 Å². The van der Waals surface area contributed by atoms with Gasteiger partial charge in [-0.25, -0.2) is 0 Å². The average molecular weight is 330 g/mol. The average Bonchev–Trinajstić information content (AvgIpc) is 2.92. The van der Waals surface area contributed by atoms with E-state index in [2.05, 4.69) is 21.2 Å². The summed E-state index contributed by atoms with van der Waals surface area (Å²) < 4.78 is 0.774. The highest BCUT2D eigenvalue weighted by Crippen LogP contribution is 2.31. The van der Waals surface area contributed by atoms with Crippen molar-refractivity contribution in [3.63, 3.8) is 0 Å². The Balaban J connectivity index is 1.81. The van der Waals surface area contributed by atoms with E-state index in [1.54, 1.807) is 6.07 Å². The third-order valence-electron chi connectivity index (χ3n) is 3.86. The molecular weight excluding hydrogens is 316 g/mol. The summed E-state index contributed by atoms with van der Waals surface area (Å²) in [5.74, 6) is 1.27. The first-order valence-corrected chi connectivity index (χ1v) is 7.28. The number of halogens is 2. The number of hydrogen-bond donors (Lipinski definition) is 1. The van der Waals surface area contributed by atoms with Crippen LogP contribution in [0.25, 0.3) is 0 Å². The second kappa shape index (κ2) is 4.83. The molecule has 2 aliphatic rings. The molecule has 0 radical (unpaired) electrons. The monoisotopic (exact) mass is 328 g/mol. The zero-order valence-electron chi connectivity index (χ0n) is 9.83. The van der Waals surface area contributed by atoms with E-state index < -0.39 is 0 Å². The SMILES string of the molecule is O=C(c1cccc(Br)c1Cl)N1CC2CNCC2C1. The second-order valence-corrected chi connectivity index (χ2v) is 6.22. The first-order chi connectivity index (χ1) is 8.66. The van der Waals surface area contributed by atoms with Crippen molar-refractivity contribution in [1.29, 1.82) is 0 Å². The molecule has 18 heavy (non-hydrogen) atoms. The number of rotatable bonds is 1. The van der Waals surface area contributed by atoms with Crippen LogP contribution in [0.3, 0.4) is 0 Å². The molecule has 0 spiro atoms.